The second-order valence-corrected chi connectivity index (χ2v) is 2.43. The van der Waals surface area contributed by atoms with Crippen LogP contribution in [0.5, 0.6) is 0 Å². The molecule has 0 saturated heterocycles. The molecule has 54 valence electrons. The van der Waals surface area contributed by atoms with Gasteiger partial charge in [-0.05, 0) is 13.8 Å². The first-order valence-corrected chi connectivity index (χ1v) is 3.22. The average molecular weight is 159 g/mol. The van der Waals surface area contributed by atoms with Crippen molar-refractivity contribution in [2.24, 2.45) is 0 Å². The summed E-state index contributed by atoms with van der Waals surface area (Å²) in [5.41, 5.74) is 1.18. The summed E-state index contributed by atoms with van der Waals surface area (Å²) in [5.74, 6) is 0. The largest absolute Gasteiger partial charge is 0.322 e. The predicted octanol–water partition coefficient (Wildman–Crippen LogP) is 1.04. The Balaban J connectivity index is 3.43. The van der Waals surface area contributed by atoms with Gasteiger partial charge in [-0.1, -0.05) is 11.6 Å². The van der Waals surface area contributed by atoms with E-state index in [2.05, 4.69) is 9.97 Å². The highest BCUT2D eigenvalue weighted by Gasteiger charge is 1.99. The van der Waals surface area contributed by atoms with E-state index in [9.17, 15) is 4.79 Å². The van der Waals surface area contributed by atoms with Crippen LogP contribution in [0, 0.1) is 13.8 Å². The van der Waals surface area contributed by atoms with Crippen molar-refractivity contribution in [3.63, 3.8) is 0 Å². The van der Waals surface area contributed by atoms with Crippen LogP contribution in [0.2, 0.25) is 5.15 Å². The maximum Gasteiger partial charge on any atom is 0.285 e. The minimum Gasteiger partial charge on any atom is -0.322 e. The minimum atomic E-state index is -0.329. The molecule has 0 spiro atoms. The molecule has 0 bridgehead atoms. The smallest absolute Gasteiger partial charge is 0.285 e. The van der Waals surface area contributed by atoms with Gasteiger partial charge in [0.25, 0.3) is 5.56 Å². The number of nitrogens with one attached hydrogen (secondary N) is 1. The first-order chi connectivity index (χ1) is 4.61. The van der Waals surface area contributed by atoms with E-state index in [1.54, 1.807) is 13.8 Å². The van der Waals surface area contributed by atoms with Crippen LogP contribution in [0.1, 0.15) is 11.4 Å². The Hall–Kier alpha value is -0.830. The van der Waals surface area contributed by atoms with Crippen molar-refractivity contribution in [1.82, 2.24) is 9.97 Å². The normalized spacial score (nSPS) is 9.90. The molecule has 1 aromatic rings. The molecule has 1 rings (SSSR count). The van der Waals surface area contributed by atoms with Crippen LogP contribution in [0.15, 0.2) is 4.79 Å². The van der Waals surface area contributed by atoms with Crippen LogP contribution in [0.3, 0.4) is 0 Å². The Morgan fingerprint density at radius 1 is 1.50 bits per heavy atom. The average Bonchev–Trinajstić information content (AvgIpc) is 1.84. The molecule has 0 aliphatic rings. The molecular formula is C6H7ClN2O. The number of halogens is 1. The van der Waals surface area contributed by atoms with E-state index >= 15 is 0 Å². The lowest BCUT2D eigenvalue weighted by atomic mass is 10.4. The van der Waals surface area contributed by atoms with Crippen LogP contribution < -0.4 is 5.56 Å². The summed E-state index contributed by atoms with van der Waals surface area (Å²) >= 11 is 5.43. The molecule has 0 aliphatic heterocycles. The highest BCUT2D eigenvalue weighted by Crippen LogP contribution is 1.99. The standard InChI is InChI=1S/C6H7ClN2O/c1-3-4(2)9-6(10)5(7)8-3/h1-2H3,(H,9,10). The predicted molar refractivity (Wildman–Crippen MR) is 39.3 cm³/mol. The monoisotopic (exact) mass is 158 g/mol. The summed E-state index contributed by atoms with van der Waals surface area (Å²) in [5, 5.41) is 0.00287. The summed E-state index contributed by atoms with van der Waals surface area (Å²) in [6.07, 6.45) is 0. The van der Waals surface area contributed by atoms with Crippen LogP contribution in [-0.2, 0) is 0 Å². The maximum atomic E-state index is 10.7. The van der Waals surface area contributed by atoms with Crippen LogP contribution in [0.4, 0.5) is 0 Å². The van der Waals surface area contributed by atoms with E-state index in [1.165, 1.54) is 0 Å². The quantitative estimate of drug-likeness (QED) is 0.613. The van der Waals surface area contributed by atoms with Crippen LogP contribution in [0.25, 0.3) is 0 Å². The zero-order chi connectivity index (χ0) is 7.72. The number of aromatic nitrogens is 2. The highest BCUT2D eigenvalue weighted by molar-refractivity contribution is 6.29. The molecule has 1 aromatic heterocycles. The van der Waals surface area contributed by atoms with Crippen molar-refractivity contribution < 1.29 is 0 Å². The Morgan fingerprint density at radius 2 is 2.10 bits per heavy atom. The minimum absolute atomic E-state index is 0.00287. The van der Waals surface area contributed by atoms with E-state index in [4.69, 9.17) is 11.6 Å². The molecule has 4 heteroatoms. The van der Waals surface area contributed by atoms with Gasteiger partial charge in [0.1, 0.15) is 0 Å². The number of hydrogen-bond acceptors (Lipinski definition) is 2. The van der Waals surface area contributed by atoms with Gasteiger partial charge in [0.15, 0.2) is 5.15 Å². The van der Waals surface area contributed by atoms with Crippen LogP contribution in [-0.4, -0.2) is 9.97 Å². The summed E-state index contributed by atoms with van der Waals surface area (Å²) in [4.78, 5) is 17.1. The lowest BCUT2D eigenvalue weighted by Gasteiger charge is -1.96. The molecule has 3 nitrogen and oxygen atoms in total. The lowest BCUT2D eigenvalue weighted by Crippen LogP contribution is -2.11. The first-order valence-electron chi connectivity index (χ1n) is 2.84. The topological polar surface area (TPSA) is 45.8 Å². The third-order valence-corrected chi connectivity index (χ3v) is 1.55. The molecule has 0 fully saturated rings. The fraction of sp³-hybridized carbons (Fsp3) is 0.333. The number of aromatic amines is 1. The van der Waals surface area contributed by atoms with Gasteiger partial charge in [0.05, 0.1) is 5.69 Å². The van der Waals surface area contributed by atoms with Crippen molar-refractivity contribution in [3.8, 4) is 0 Å². The van der Waals surface area contributed by atoms with Gasteiger partial charge in [-0.25, -0.2) is 4.98 Å². The molecule has 0 atom stereocenters. The number of nitrogens with zero attached hydrogens (tertiary/aromatic N) is 1. The SMILES string of the molecule is Cc1nc(Cl)c(=O)[nH]c1C. The van der Waals surface area contributed by atoms with Crippen molar-refractivity contribution in [1.29, 1.82) is 0 Å². The zero-order valence-corrected chi connectivity index (χ0v) is 6.49. The van der Waals surface area contributed by atoms with E-state index < -0.39 is 0 Å². The molecule has 0 radical (unpaired) electrons. The number of aryl methyl sites for hydroxylation is 2. The Bertz CT molecular complexity index is 305. The molecule has 10 heavy (non-hydrogen) atoms. The van der Waals surface area contributed by atoms with Gasteiger partial charge >= 0.3 is 0 Å². The first kappa shape index (κ1) is 7.28. The van der Waals surface area contributed by atoms with Crippen molar-refractivity contribution in [3.05, 3.63) is 26.9 Å². The van der Waals surface area contributed by atoms with Crippen molar-refractivity contribution >= 4 is 11.6 Å². The number of hydrogen-bond donors (Lipinski definition) is 1. The molecule has 0 unspecified atom stereocenters. The zero-order valence-electron chi connectivity index (χ0n) is 5.73. The summed E-state index contributed by atoms with van der Waals surface area (Å²) in [6.45, 7) is 3.57. The molecular weight excluding hydrogens is 152 g/mol. The third kappa shape index (κ3) is 1.19. The fourth-order valence-electron chi connectivity index (χ4n) is 0.594. The van der Waals surface area contributed by atoms with Crippen LogP contribution >= 0.6 is 11.6 Å². The summed E-state index contributed by atoms with van der Waals surface area (Å²) in [7, 11) is 0. The van der Waals surface area contributed by atoms with Gasteiger partial charge in [0.2, 0.25) is 0 Å². The third-order valence-electron chi connectivity index (χ3n) is 1.30. The second kappa shape index (κ2) is 2.42. The summed E-state index contributed by atoms with van der Waals surface area (Å²) in [6, 6.07) is 0. The molecule has 0 amide bonds. The summed E-state index contributed by atoms with van der Waals surface area (Å²) < 4.78 is 0. The Morgan fingerprint density at radius 3 is 2.60 bits per heavy atom. The van der Waals surface area contributed by atoms with Gasteiger partial charge in [-0.2, -0.15) is 0 Å². The van der Waals surface area contributed by atoms with E-state index in [0.29, 0.717) is 0 Å². The molecule has 0 aromatic carbocycles. The van der Waals surface area contributed by atoms with Gasteiger partial charge in [0, 0.05) is 5.69 Å². The van der Waals surface area contributed by atoms with E-state index in [-0.39, 0.29) is 10.7 Å². The van der Waals surface area contributed by atoms with Crippen molar-refractivity contribution in [2.75, 3.05) is 0 Å². The molecule has 0 aliphatic carbocycles. The molecule has 1 heterocycles. The van der Waals surface area contributed by atoms with Gasteiger partial charge in [-0.3, -0.25) is 4.79 Å². The molecule has 1 N–H and O–H groups in total. The van der Waals surface area contributed by atoms with Gasteiger partial charge in [-0.15, -0.1) is 0 Å². The van der Waals surface area contributed by atoms with E-state index in [1.807, 2.05) is 0 Å². The Labute approximate surface area is 63.1 Å². The number of rotatable bonds is 0. The number of H-pyrrole nitrogens is 1. The maximum absolute atomic E-state index is 10.7. The van der Waals surface area contributed by atoms with E-state index in [0.717, 1.165) is 11.4 Å². The molecule has 0 saturated carbocycles. The van der Waals surface area contributed by atoms with Crippen molar-refractivity contribution in [2.45, 2.75) is 13.8 Å². The lowest BCUT2D eigenvalue weighted by molar-refractivity contribution is 1.01. The fourth-order valence-corrected chi connectivity index (χ4v) is 0.768. The Kier molecular flexibility index (Phi) is 1.76. The second-order valence-electron chi connectivity index (χ2n) is 2.07. The highest BCUT2D eigenvalue weighted by atomic mass is 35.5. The van der Waals surface area contributed by atoms with Gasteiger partial charge < -0.3 is 4.98 Å².